The van der Waals surface area contributed by atoms with E-state index in [2.05, 4.69) is 37.1 Å². The van der Waals surface area contributed by atoms with E-state index < -0.39 is 6.09 Å². The second kappa shape index (κ2) is 9.56. The summed E-state index contributed by atoms with van der Waals surface area (Å²) in [5.74, 6) is 6.76. The van der Waals surface area contributed by atoms with Gasteiger partial charge in [-0.05, 0) is 31.8 Å². The molecule has 1 fully saturated rings. The molecule has 0 aromatic heterocycles. The molecular formula is C17H28N2O4. The highest BCUT2D eigenvalue weighted by Gasteiger charge is 2.37. The maximum Gasteiger partial charge on any atom is 0.404 e. The zero-order valence-corrected chi connectivity index (χ0v) is 14.3. The van der Waals surface area contributed by atoms with E-state index in [1.165, 1.54) is 0 Å². The molecule has 1 aliphatic heterocycles. The Balaban J connectivity index is 2.47. The normalized spacial score (nSPS) is 23.0. The van der Waals surface area contributed by atoms with Gasteiger partial charge in [0.05, 0.1) is 6.61 Å². The van der Waals surface area contributed by atoms with E-state index in [-0.39, 0.29) is 24.5 Å². The summed E-state index contributed by atoms with van der Waals surface area (Å²) in [4.78, 5) is 10.8. The second-order valence-corrected chi connectivity index (χ2v) is 6.23. The minimum Gasteiger partial charge on any atom is -0.465 e. The highest BCUT2D eigenvalue weighted by Crippen LogP contribution is 2.21. The summed E-state index contributed by atoms with van der Waals surface area (Å²) in [6, 6.07) is -0.225. The van der Waals surface area contributed by atoms with Crippen LogP contribution in [-0.4, -0.2) is 36.4 Å². The number of hydrogen-bond donors (Lipinski definition) is 3. The average molecular weight is 324 g/mol. The van der Waals surface area contributed by atoms with Crippen molar-refractivity contribution in [1.82, 2.24) is 5.32 Å². The third-order valence-corrected chi connectivity index (χ3v) is 3.52. The Morgan fingerprint density at radius 3 is 2.65 bits per heavy atom. The number of hydrogen-bond acceptors (Lipinski definition) is 4. The molecule has 1 saturated heterocycles. The smallest absolute Gasteiger partial charge is 0.404 e. The van der Waals surface area contributed by atoms with Gasteiger partial charge >= 0.3 is 6.09 Å². The molecule has 3 unspecified atom stereocenters. The number of nitrogens with two attached hydrogens (primary N) is 1. The molecule has 6 heteroatoms. The molecule has 4 atom stereocenters. The number of carbonyl (C=O) groups is 1. The van der Waals surface area contributed by atoms with Crippen molar-refractivity contribution < 1.29 is 19.4 Å². The number of amides is 1. The summed E-state index contributed by atoms with van der Waals surface area (Å²) in [5, 5.41) is 11.3. The minimum absolute atomic E-state index is 0.0196. The number of epoxide rings is 1. The van der Waals surface area contributed by atoms with Gasteiger partial charge in [-0.15, -0.1) is 0 Å². The Labute approximate surface area is 138 Å². The Morgan fingerprint density at radius 1 is 1.48 bits per heavy atom. The molecule has 1 aliphatic rings. The molecule has 0 aromatic rings. The van der Waals surface area contributed by atoms with Crippen LogP contribution in [0.4, 0.5) is 4.79 Å². The Hall–Kier alpha value is -1.55. The third kappa shape index (κ3) is 8.60. The lowest BCUT2D eigenvalue weighted by Gasteiger charge is -2.22. The van der Waals surface area contributed by atoms with Crippen molar-refractivity contribution in [3.05, 3.63) is 11.6 Å². The summed E-state index contributed by atoms with van der Waals surface area (Å²) in [6.07, 6.45) is 1.78. The van der Waals surface area contributed by atoms with Crippen LogP contribution in [0.1, 0.15) is 40.5 Å². The first-order valence-corrected chi connectivity index (χ1v) is 7.99. The molecule has 1 rings (SSSR count). The van der Waals surface area contributed by atoms with Gasteiger partial charge in [0.25, 0.3) is 0 Å². The molecule has 0 aliphatic carbocycles. The van der Waals surface area contributed by atoms with Gasteiger partial charge in [-0.25, -0.2) is 4.79 Å². The zero-order valence-electron chi connectivity index (χ0n) is 14.3. The largest absolute Gasteiger partial charge is 0.465 e. The lowest BCUT2D eigenvalue weighted by Crippen LogP contribution is -2.39. The van der Waals surface area contributed by atoms with Crippen molar-refractivity contribution in [1.29, 1.82) is 0 Å². The van der Waals surface area contributed by atoms with Gasteiger partial charge in [-0.3, -0.25) is 0 Å². The first-order chi connectivity index (χ1) is 10.8. The van der Waals surface area contributed by atoms with Crippen molar-refractivity contribution >= 4 is 6.09 Å². The molecule has 4 N–H and O–H groups in total. The van der Waals surface area contributed by atoms with E-state index in [4.69, 9.17) is 20.3 Å². The van der Waals surface area contributed by atoms with Gasteiger partial charge in [0.2, 0.25) is 0 Å². The van der Waals surface area contributed by atoms with Crippen LogP contribution >= 0.6 is 0 Å². The second-order valence-electron chi connectivity index (χ2n) is 6.23. The van der Waals surface area contributed by atoms with E-state index >= 15 is 0 Å². The van der Waals surface area contributed by atoms with Crippen molar-refractivity contribution in [3.63, 3.8) is 0 Å². The average Bonchev–Trinajstić information content (AvgIpc) is 3.11. The van der Waals surface area contributed by atoms with Crippen LogP contribution in [0.5, 0.6) is 0 Å². The van der Waals surface area contributed by atoms with E-state index in [1.54, 1.807) is 0 Å². The van der Waals surface area contributed by atoms with E-state index in [9.17, 15) is 4.79 Å². The maximum absolute atomic E-state index is 10.8. The number of allylic oxidation sites excluding steroid dienone is 2. The summed E-state index contributed by atoms with van der Waals surface area (Å²) in [5.41, 5.74) is 6.58. The molecule has 0 spiro atoms. The van der Waals surface area contributed by atoms with Gasteiger partial charge in [0.1, 0.15) is 0 Å². The molecule has 23 heavy (non-hydrogen) atoms. The lowest BCUT2D eigenvalue weighted by molar-refractivity contribution is 0.0195. The highest BCUT2D eigenvalue weighted by atomic mass is 16.8. The fourth-order valence-electron chi connectivity index (χ4n) is 2.25. The fourth-order valence-corrected chi connectivity index (χ4v) is 2.25. The Morgan fingerprint density at radius 2 is 2.13 bits per heavy atom. The van der Waals surface area contributed by atoms with Crippen molar-refractivity contribution in [2.24, 2.45) is 17.6 Å². The van der Waals surface area contributed by atoms with Crippen LogP contribution < -0.4 is 11.1 Å². The fraction of sp³-hybridized carbons (Fsp3) is 0.706. The monoisotopic (exact) mass is 324 g/mol. The molecule has 1 heterocycles. The first kappa shape index (κ1) is 19.5. The van der Waals surface area contributed by atoms with E-state index in [0.29, 0.717) is 18.9 Å². The standard InChI is InChI=1S/C17H28N2O4/c1-11(2)9-12(3)7-5-6-8-14(13(4)19-17(20)21)10-22-16-15(18)23-16/h9,11,13-16,19H,6,8,10,18H2,1-4H3,(H,20,21)/b12-9-/t13?,14-,15?,16?/m0/s1. The van der Waals surface area contributed by atoms with E-state index in [0.717, 1.165) is 12.0 Å². The van der Waals surface area contributed by atoms with Crippen LogP contribution in [-0.2, 0) is 9.47 Å². The number of carboxylic acid groups (broad SMARTS) is 1. The van der Waals surface area contributed by atoms with E-state index in [1.807, 2.05) is 13.8 Å². The molecule has 0 bridgehead atoms. The number of nitrogens with one attached hydrogen (secondary N) is 1. The predicted octanol–water partition coefficient (Wildman–Crippen LogP) is 2.30. The molecule has 0 aromatic carbocycles. The summed E-state index contributed by atoms with van der Waals surface area (Å²) in [6.45, 7) is 8.44. The predicted molar refractivity (Wildman–Crippen MR) is 88.5 cm³/mol. The molecule has 6 nitrogen and oxygen atoms in total. The van der Waals surface area contributed by atoms with Crippen molar-refractivity contribution in [3.8, 4) is 11.8 Å². The zero-order chi connectivity index (χ0) is 17.4. The van der Waals surface area contributed by atoms with Crippen LogP contribution in [0.3, 0.4) is 0 Å². The van der Waals surface area contributed by atoms with Crippen LogP contribution in [0.25, 0.3) is 0 Å². The number of rotatable bonds is 8. The van der Waals surface area contributed by atoms with Crippen LogP contribution in [0.15, 0.2) is 11.6 Å². The molecule has 0 saturated carbocycles. The van der Waals surface area contributed by atoms with Crippen LogP contribution in [0.2, 0.25) is 0 Å². The quantitative estimate of drug-likeness (QED) is 0.470. The summed E-state index contributed by atoms with van der Waals surface area (Å²) in [7, 11) is 0. The highest BCUT2D eigenvalue weighted by molar-refractivity contribution is 5.64. The van der Waals surface area contributed by atoms with Crippen LogP contribution in [0, 0.1) is 23.7 Å². The Kier molecular flexibility index (Phi) is 8.10. The summed E-state index contributed by atoms with van der Waals surface area (Å²) < 4.78 is 10.5. The molecule has 130 valence electrons. The van der Waals surface area contributed by atoms with Gasteiger partial charge in [0, 0.05) is 18.4 Å². The van der Waals surface area contributed by atoms with Gasteiger partial charge in [-0.1, -0.05) is 31.8 Å². The lowest BCUT2D eigenvalue weighted by atomic mass is 9.96. The van der Waals surface area contributed by atoms with Gasteiger partial charge < -0.3 is 25.6 Å². The maximum atomic E-state index is 10.8. The molecule has 0 radical (unpaired) electrons. The van der Waals surface area contributed by atoms with Gasteiger partial charge in [0.15, 0.2) is 12.5 Å². The number of ether oxygens (including phenoxy) is 2. The van der Waals surface area contributed by atoms with Crippen molar-refractivity contribution in [2.45, 2.75) is 59.1 Å². The Bertz CT molecular complexity index is 479. The third-order valence-electron chi connectivity index (χ3n) is 3.52. The topological polar surface area (TPSA) is 97.1 Å². The molecule has 1 amide bonds. The SMILES string of the molecule is C/C(C#CCC[C@@H](COC1OC1N)C(C)NC(=O)O)=C/C(C)C. The summed E-state index contributed by atoms with van der Waals surface area (Å²) >= 11 is 0. The van der Waals surface area contributed by atoms with Gasteiger partial charge in [-0.2, -0.15) is 0 Å². The van der Waals surface area contributed by atoms with Crippen molar-refractivity contribution in [2.75, 3.05) is 6.61 Å². The first-order valence-electron chi connectivity index (χ1n) is 7.99. The molecular weight excluding hydrogens is 296 g/mol. The minimum atomic E-state index is -1.04.